The number of amides is 2. The van der Waals surface area contributed by atoms with Crippen molar-refractivity contribution in [3.8, 4) is 0 Å². The summed E-state index contributed by atoms with van der Waals surface area (Å²) in [6.45, 7) is -3.60. The zero-order valence-corrected chi connectivity index (χ0v) is 38.9. The van der Waals surface area contributed by atoms with E-state index in [2.05, 4.69) is 10.6 Å². The summed E-state index contributed by atoms with van der Waals surface area (Å²) < 4.78 is 62.5. The third kappa shape index (κ3) is 13.0. The molecular weight excluding hydrogens is 1000 g/mol. The van der Waals surface area contributed by atoms with E-state index in [9.17, 15) is 102 Å². The van der Waals surface area contributed by atoms with E-state index in [1.807, 2.05) is 0 Å². The molecule has 33 heteroatoms. The van der Waals surface area contributed by atoms with Gasteiger partial charge in [0, 0.05) is 13.8 Å². The quantitative estimate of drug-likeness (QED) is 0.0606. The SMILES string of the molecule is CC(=O)N[C@H]1[C@H](OC[C@H]2O[C@@H](O[C@H]3[C@H](O)[C@@H](O)C(O)O[C@@H]3CO)[C@H](O)[C@@H](O[C@@H]3O[C@H](CO)[C@@H](O)[C@H](O)[C@H]3NC(C)=O)[C@H]2O)O[C@H](CO)[C@@H](O[C@@H]2O[C@H](CO)[C@H](O)[C@H](O[C@H]3O[C@H](CO)[C@H](O)[C@H](O)[C@H]3O)[C@H]2O)[C@@H]1O. The highest BCUT2D eigenvalue weighted by Crippen LogP contribution is 2.36. The normalized spacial score (nSPS) is 49.8. The van der Waals surface area contributed by atoms with Crippen LogP contribution in [0, 0.1) is 0 Å². The fraction of sp³-hybridized carbons (Fsp3) is 0.950. The lowest BCUT2D eigenvalue weighted by Crippen LogP contribution is -2.69. The van der Waals surface area contributed by atoms with Crippen molar-refractivity contribution in [2.24, 2.45) is 0 Å². The Bertz CT molecular complexity index is 1750. The molecule has 1 unspecified atom stereocenters. The maximum atomic E-state index is 12.6. The van der Waals surface area contributed by atoms with Crippen LogP contribution in [0.3, 0.4) is 0 Å². The van der Waals surface area contributed by atoms with Gasteiger partial charge in [-0.1, -0.05) is 0 Å². The summed E-state index contributed by atoms with van der Waals surface area (Å²) in [5.41, 5.74) is 0. The summed E-state index contributed by atoms with van der Waals surface area (Å²) in [5.74, 6) is -1.61. The van der Waals surface area contributed by atoms with Gasteiger partial charge in [-0.3, -0.25) is 9.59 Å². The van der Waals surface area contributed by atoms with E-state index in [1.54, 1.807) is 0 Å². The Hall–Kier alpha value is -2.22. The molecule has 73 heavy (non-hydrogen) atoms. The third-order valence-electron chi connectivity index (χ3n) is 13.2. The van der Waals surface area contributed by atoms with Gasteiger partial charge in [0.2, 0.25) is 11.8 Å². The highest BCUT2D eigenvalue weighted by molar-refractivity contribution is 5.73. The van der Waals surface area contributed by atoms with Crippen LogP contribution in [0.4, 0.5) is 0 Å². The Kier molecular flexibility index (Phi) is 21.3. The molecule has 20 N–H and O–H groups in total. The van der Waals surface area contributed by atoms with Crippen LogP contribution < -0.4 is 10.6 Å². The van der Waals surface area contributed by atoms with E-state index in [4.69, 9.17) is 52.1 Å². The largest absolute Gasteiger partial charge is 0.394 e. The topological polar surface area (TPSA) is 524 Å². The van der Waals surface area contributed by atoms with Crippen LogP contribution in [0.25, 0.3) is 0 Å². The lowest BCUT2D eigenvalue weighted by Gasteiger charge is -2.49. The second-order valence-electron chi connectivity index (χ2n) is 18.3. The van der Waals surface area contributed by atoms with Crippen molar-refractivity contribution < 1.29 is 154 Å². The summed E-state index contributed by atoms with van der Waals surface area (Å²) >= 11 is 0. The van der Waals surface area contributed by atoms with Gasteiger partial charge in [0.1, 0.15) is 146 Å². The molecule has 6 aliphatic rings. The van der Waals surface area contributed by atoms with Crippen LogP contribution in [0.1, 0.15) is 13.8 Å². The second-order valence-corrected chi connectivity index (χ2v) is 18.3. The van der Waals surface area contributed by atoms with Crippen molar-refractivity contribution in [1.29, 1.82) is 0 Å². The smallest absolute Gasteiger partial charge is 0.217 e. The van der Waals surface area contributed by atoms with Crippen molar-refractivity contribution in [2.75, 3.05) is 39.6 Å². The van der Waals surface area contributed by atoms with Crippen LogP contribution in [0.15, 0.2) is 0 Å². The molecular formula is C40H68N2O31. The number of ether oxygens (including phenoxy) is 11. The molecule has 424 valence electrons. The van der Waals surface area contributed by atoms with Crippen LogP contribution in [-0.2, 0) is 61.7 Å². The van der Waals surface area contributed by atoms with Crippen LogP contribution in [-0.4, -0.2) is 327 Å². The minimum atomic E-state index is -2.19. The van der Waals surface area contributed by atoms with Gasteiger partial charge in [0.05, 0.1) is 39.6 Å². The highest BCUT2D eigenvalue weighted by atomic mass is 16.8. The van der Waals surface area contributed by atoms with Crippen molar-refractivity contribution >= 4 is 11.8 Å². The van der Waals surface area contributed by atoms with Gasteiger partial charge >= 0.3 is 0 Å². The molecule has 0 bridgehead atoms. The highest BCUT2D eigenvalue weighted by Gasteiger charge is 2.57. The van der Waals surface area contributed by atoms with Gasteiger partial charge in [-0.05, 0) is 0 Å². The van der Waals surface area contributed by atoms with Gasteiger partial charge in [-0.2, -0.15) is 0 Å². The van der Waals surface area contributed by atoms with Crippen molar-refractivity contribution in [1.82, 2.24) is 10.6 Å². The molecule has 6 rings (SSSR count). The van der Waals surface area contributed by atoms with Gasteiger partial charge < -0.3 is 155 Å². The second kappa shape index (κ2) is 26.0. The first-order valence-corrected chi connectivity index (χ1v) is 23.1. The van der Waals surface area contributed by atoms with Crippen LogP contribution >= 0.6 is 0 Å². The molecule has 6 fully saturated rings. The number of carbonyl (C=O) groups excluding carboxylic acids is 2. The van der Waals surface area contributed by atoms with Gasteiger partial charge in [0.25, 0.3) is 0 Å². The minimum Gasteiger partial charge on any atom is -0.394 e. The molecule has 6 saturated heterocycles. The summed E-state index contributed by atoms with van der Waals surface area (Å²) in [7, 11) is 0. The van der Waals surface area contributed by atoms with E-state index < -0.39 is 236 Å². The summed E-state index contributed by atoms with van der Waals surface area (Å²) in [6.07, 6.45) is -53.1. The molecule has 6 aliphatic heterocycles. The first kappa shape index (κ1) is 60.0. The number of hydrogen-bond donors (Lipinski definition) is 20. The van der Waals surface area contributed by atoms with E-state index in [1.165, 1.54) is 0 Å². The summed E-state index contributed by atoms with van der Waals surface area (Å²) in [5, 5.41) is 196. The molecule has 6 heterocycles. The Morgan fingerprint density at radius 1 is 0.356 bits per heavy atom. The maximum absolute atomic E-state index is 12.6. The number of nitrogens with one attached hydrogen (secondary N) is 2. The zero-order valence-electron chi connectivity index (χ0n) is 38.9. The first-order valence-electron chi connectivity index (χ1n) is 23.1. The fourth-order valence-corrected chi connectivity index (χ4v) is 9.22. The van der Waals surface area contributed by atoms with Crippen LogP contribution in [0.2, 0.25) is 0 Å². The Morgan fingerprint density at radius 3 is 1.23 bits per heavy atom. The molecule has 33 nitrogen and oxygen atoms in total. The molecule has 0 aliphatic carbocycles. The minimum absolute atomic E-state index is 0.781. The first-order chi connectivity index (χ1) is 34.5. The predicted octanol–water partition coefficient (Wildman–Crippen LogP) is -13.8. The maximum Gasteiger partial charge on any atom is 0.217 e. The van der Waals surface area contributed by atoms with E-state index in [0.717, 1.165) is 13.8 Å². The number of aliphatic hydroxyl groups excluding tert-OH is 18. The number of hydrogen-bond acceptors (Lipinski definition) is 31. The summed E-state index contributed by atoms with van der Waals surface area (Å²) in [6, 6.07) is -3.36. The van der Waals surface area contributed by atoms with Gasteiger partial charge in [-0.15, -0.1) is 0 Å². The fourth-order valence-electron chi connectivity index (χ4n) is 9.22. The van der Waals surface area contributed by atoms with Gasteiger partial charge in [-0.25, -0.2) is 0 Å². The Morgan fingerprint density at radius 2 is 0.726 bits per heavy atom. The lowest BCUT2D eigenvalue weighted by molar-refractivity contribution is -0.382. The number of carbonyl (C=O) groups is 2. The predicted molar refractivity (Wildman–Crippen MR) is 222 cm³/mol. The average Bonchev–Trinajstić information content (AvgIpc) is 3.35. The molecule has 2 amide bonds. The third-order valence-corrected chi connectivity index (χ3v) is 13.2. The molecule has 0 spiro atoms. The number of aliphatic hydroxyl groups is 18. The van der Waals surface area contributed by atoms with E-state index >= 15 is 0 Å². The van der Waals surface area contributed by atoms with Gasteiger partial charge in [0.15, 0.2) is 37.7 Å². The zero-order chi connectivity index (χ0) is 53.9. The van der Waals surface area contributed by atoms with Crippen molar-refractivity contribution in [3.05, 3.63) is 0 Å². The molecule has 0 aromatic carbocycles. The molecule has 0 radical (unpaired) electrons. The molecule has 30 atom stereocenters. The average molecular weight is 1070 g/mol. The standard InChI is InChI=1S/C40H68N2O31/c1-9(48)41-17-23(54)19(50)11(3-43)65-37(17)72-34-22(53)16(69-40(30(34)61)71-32-14(6-46)64-35(62)27(58)26(32)57)8-63-36-18(42-10(2)49)24(55)31(15(7-47)68-36)70-39-29(60)33(21(52)13(5-45)67-39)73-38-28(59)25(56)20(51)12(4-44)66-38/h11-40,43-47,50-62H,3-8H2,1-2H3,(H,41,48)(H,42,49)/t11-,12-,13-,14-,15-,16-,17-,18-,19-,20+,21+,22+,23-,24-,25+,26-,27-,28-,29-,30-,31-,32-,33+,34+,35?,36-,37+,38-,39+,40+/m1/s1. The van der Waals surface area contributed by atoms with E-state index in [-0.39, 0.29) is 0 Å². The molecule has 0 saturated carbocycles. The molecule has 0 aromatic heterocycles. The lowest BCUT2D eigenvalue weighted by atomic mass is 9.94. The number of rotatable bonds is 18. The van der Waals surface area contributed by atoms with Crippen molar-refractivity contribution in [3.63, 3.8) is 0 Å². The Labute approximate surface area is 413 Å². The summed E-state index contributed by atoms with van der Waals surface area (Å²) in [4.78, 5) is 24.8. The van der Waals surface area contributed by atoms with Crippen LogP contribution in [0.5, 0.6) is 0 Å². The molecule has 0 aromatic rings. The van der Waals surface area contributed by atoms with Crippen molar-refractivity contribution in [2.45, 2.75) is 198 Å². The Balaban J connectivity index is 1.24. The monoisotopic (exact) mass is 1070 g/mol. The van der Waals surface area contributed by atoms with E-state index in [0.29, 0.717) is 0 Å².